The van der Waals surface area contributed by atoms with Crippen molar-refractivity contribution in [2.75, 3.05) is 13.1 Å². The number of hydrogen-bond donors (Lipinski definition) is 1. The minimum atomic E-state index is -0.544. The summed E-state index contributed by atoms with van der Waals surface area (Å²) in [5.41, 5.74) is 1.84. The number of ether oxygens (including phenoxy) is 1. The molecule has 1 N–H and O–H groups in total. The van der Waals surface area contributed by atoms with Crippen molar-refractivity contribution >= 4 is 6.92 Å². The van der Waals surface area contributed by atoms with Crippen molar-refractivity contribution in [2.45, 2.75) is 0 Å². The van der Waals surface area contributed by atoms with Gasteiger partial charge in [-0.3, -0.25) is 0 Å². The molecule has 0 amide bonds. The first kappa shape index (κ1) is 10.0. The lowest BCUT2D eigenvalue weighted by Crippen LogP contribution is -2.31. The molecule has 68 valence electrons. The van der Waals surface area contributed by atoms with E-state index in [1.807, 2.05) is 12.2 Å². The van der Waals surface area contributed by atoms with Gasteiger partial charge in [0.15, 0.2) is 0 Å². The molecule has 13 heavy (non-hydrogen) atoms. The number of hydrogen-bond acceptors (Lipinski definition) is 2. The summed E-state index contributed by atoms with van der Waals surface area (Å²) in [5, 5.41) is 9.58. The van der Waals surface area contributed by atoms with Crippen LogP contribution in [-0.4, -0.2) is 25.1 Å². The van der Waals surface area contributed by atoms with Gasteiger partial charge in [0.1, 0.15) is 0 Å². The molecule has 1 fully saturated rings. The molecule has 0 bridgehead atoms. The topological polar surface area (TPSA) is 29.5 Å². The van der Waals surface area contributed by atoms with Crippen molar-refractivity contribution in [2.24, 2.45) is 0 Å². The molecule has 0 saturated carbocycles. The Bertz CT molecular complexity index is 266. The van der Waals surface area contributed by atoms with Crippen molar-refractivity contribution in [3.8, 4) is 0 Å². The van der Waals surface area contributed by atoms with E-state index in [0.29, 0.717) is 13.1 Å². The third kappa shape index (κ3) is 2.44. The molecule has 3 heteroatoms. The molecule has 1 heterocycles. The molecule has 1 aliphatic rings. The molecule has 0 radical (unpaired) electrons. The normalized spacial score (nSPS) is 23.6. The third-order valence-electron chi connectivity index (χ3n) is 1.88. The van der Waals surface area contributed by atoms with Crippen molar-refractivity contribution < 1.29 is 9.76 Å². The van der Waals surface area contributed by atoms with Gasteiger partial charge >= 0.3 is 6.92 Å². The first-order chi connectivity index (χ1) is 6.29. The lowest BCUT2D eigenvalue weighted by molar-refractivity contribution is 0.186. The molecule has 1 saturated heterocycles. The first-order valence-corrected chi connectivity index (χ1v) is 4.20. The average Bonchev–Trinajstić information content (AvgIpc) is 2.11. The Morgan fingerprint density at radius 1 is 1.31 bits per heavy atom. The quantitative estimate of drug-likeness (QED) is 0.642. The Labute approximate surface area is 79.0 Å². The van der Waals surface area contributed by atoms with E-state index in [2.05, 4.69) is 13.2 Å². The van der Waals surface area contributed by atoms with Crippen LogP contribution in [0.25, 0.3) is 0 Å². The molecule has 0 unspecified atom stereocenters. The summed E-state index contributed by atoms with van der Waals surface area (Å²) in [6.07, 6.45) is 7.01. The van der Waals surface area contributed by atoms with Gasteiger partial charge < -0.3 is 9.76 Å². The zero-order valence-electron chi connectivity index (χ0n) is 7.57. The SMILES string of the molecule is C=C/C=C1/B(O)COC/C1=C/C=C. The van der Waals surface area contributed by atoms with Gasteiger partial charge in [0.2, 0.25) is 0 Å². The minimum Gasteiger partial charge on any atom is -0.445 e. The first-order valence-electron chi connectivity index (χ1n) is 4.20. The summed E-state index contributed by atoms with van der Waals surface area (Å²) >= 11 is 0. The van der Waals surface area contributed by atoms with E-state index >= 15 is 0 Å². The standard InChI is InChI=1S/C10H13BO2/c1-3-5-9-7-13-8-11(12)10(9)6-4-2/h3-6,12H,1-2,7-8H2/b9-5-,10-6+. The maximum absolute atomic E-state index is 9.58. The molecule has 1 aliphatic heterocycles. The lowest BCUT2D eigenvalue weighted by atomic mass is 9.57. The Kier molecular flexibility index (Phi) is 3.74. The molecular weight excluding hydrogens is 163 g/mol. The Morgan fingerprint density at radius 2 is 2.00 bits per heavy atom. The minimum absolute atomic E-state index is 0.355. The Hall–Kier alpha value is -1.06. The van der Waals surface area contributed by atoms with Gasteiger partial charge in [-0.05, 0) is 11.0 Å². The van der Waals surface area contributed by atoms with Crippen molar-refractivity contribution in [3.63, 3.8) is 0 Å². The van der Waals surface area contributed by atoms with Crippen LogP contribution in [0, 0.1) is 0 Å². The summed E-state index contributed by atoms with van der Waals surface area (Å²) in [7, 11) is 0. The van der Waals surface area contributed by atoms with Crippen LogP contribution in [0.5, 0.6) is 0 Å². The summed E-state index contributed by atoms with van der Waals surface area (Å²) < 4.78 is 5.18. The van der Waals surface area contributed by atoms with E-state index in [-0.39, 0.29) is 0 Å². The summed E-state index contributed by atoms with van der Waals surface area (Å²) in [6.45, 7) is 7.55. The highest BCUT2D eigenvalue weighted by molar-refractivity contribution is 6.60. The second-order valence-electron chi connectivity index (χ2n) is 2.82. The van der Waals surface area contributed by atoms with Crippen LogP contribution in [0.4, 0.5) is 0 Å². The van der Waals surface area contributed by atoms with Crippen molar-refractivity contribution in [3.05, 3.63) is 48.5 Å². The van der Waals surface area contributed by atoms with Crippen LogP contribution in [-0.2, 0) is 4.74 Å². The summed E-state index contributed by atoms with van der Waals surface area (Å²) in [4.78, 5) is 0. The molecule has 0 atom stereocenters. The van der Waals surface area contributed by atoms with E-state index in [4.69, 9.17) is 4.74 Å². The Morgan fingerprint density at radius 3 is 2.62 bits per heavy atom. The van der Waals surface area contributed by atoms with Crippen molar-refractivity contribution in [1.82, 2.24) is 0 Å². The average molecular weight is 176 g/mol. The third-order valence-corrected chi connectivity index (χ3v) is 1.88. The van der Waals surface area contributed by atoms with Gasteiger partial charge in [-0.15, -0.1) is 0 Å². The molecule has 0 aromatic carbocycles. The molecule has 2 nitrogen and oxygen atoms in total. The van der Waals surface area contributed by atoms with Gasteiger partial charge in [0.25, 0.3) is 0 Å². The monoisotopic (exact) mass is 176 g/mol. The summed E-state index contributed by atoms with van der Waals surface area (Å²) in [5.74, 6) is 0. The zero-order chi connectivity index (χ0) is 9.68. The molecule has 0 aromatic heterocycles. The van der Waals surface area contributed by atoms with Crippen LogP contribution >= 0.6 is 0 Å². The van der Waals surface area contributed by atoms with Crippen LogP contribution in [0.1, 0.15) is 0 Å². The van der Waals surface area contributed by atoms with Gasteiger partial charge in [-0.25, -0.2) is 0 Å². The van der Waals surface area contributed by atoms with Crippen LogP contribution in [0.3, 0.4) is 0 Å². The maximum atomic E-state index is 9.58. The molecule has 0 aliphatic carbocycles. The smallest absolute Gasteiger partial charge is 0.351 e. The fourth-order valence-electron chi connectivity index (χ4n) is 1.30. The van der Waals surface area contributed by atoms with E-state index in [0.717, 1.165) is 11.0 Å². The van der Waals surface area contributed by atoms with Crippen LogP contribution < -0.4 is 0 Å². The van der Waals surface area contributed by atoms with E-state index in [9.17, 15) is 5.02 Å². The summed E-state index contributed by atoms with van der Waals surface area (Å²) in [6, 6.07) is 0. The molecular formula is C10H13BO2. The van der Waals surface area contributed by atoms with E-state index in [1.54, 1.807) is 12.2 Å². The van der Waals surface area contributed by atoms with Crippen LogP contribution in [0.15, 0.2) is 48.5 Å². The maximum Gasteiger partial charge on any atom is 0.351 e. The van der Waals surface area contributed by atoms with Gasteiger partial charge in [-0.2, -0.15) is 0 Å². The molecule has 0 aromatic rings. The molecule has 0 spiro atoms. The highest BCUT2D eigenvalue weighted by atomic mass is 16.5. The zero-order valence-corrected chi connectivity index (χ0v) is 7.57. The predicted octanol–water partition coefficient (Wildman–Crippen LogP) is 1.30. The largest absolute Gasteiger partial charge is 0.445 e. The fourth-order valence-corrected chi connectivity index (χ4v) is 1.30. The van der Waals surface area contributed by atoms with Gasteiger partial charge in [0.05, 0.1) is 13.1 Å². The fraction of sp³-hybridized carbons (Fsp3) is 0.200. The molecule has 1 rings (SSSR count). The van der Waals surface area contributed by atoms with E-state index < -0.39 is 6.92 Å². The van der Waals surface area contributed by atoms with Gasteiger partial charge in [-0.1, -0.05) is 37.5 Å². The van der Waals surface area contributed by atoms with Gasteiger partial charge in [0, 0.05) is 0 Å². The second-order valence-corrected chi connectivity index (χ2v) is 2.82. The van der Waals surface area contributed by atoms with Crippen molar-refractivity contribution in [1.29, 1.82) is 0 Å². The van der Waals surface area contributed by atoms with E-state index in [1.165, 1.54) is 0 Å². The predicted molar refractivity (Wildman–Crippen MR) is 55.4 cm³/mol. The van der Waals surface area contributed by atoms with Crippen LogP contribution in [0.2, 0.25) is 0 Å². The second kappa shape index (κ2) is 4.85. The number of allylic oxidation sites excluding steroid dienone is 4. The highest BCUT2D eigenvalue weighted by Gasteiger charge is 2.24. The lowest BCUT2D eigenvalue weighted by Gasteiger charge is -2.21. The highest BCUT2D eigenvalue weighted by Crippen LogP contribution is 2.18. The Balaban J connectivity index is 2.92. The number of rotatable bonds is 2.